The van der Waals surface area contributed by atoms with Gasteiger partial charge in [0.15, 0.2) is 10.8 Å². The van der Waals surface area contributed by atoms with Gasteiger partial charge in [0.1, 0.15) is 0 Å². The molecule has 8 heteroatoms. The number of rotatable bonds is 5. The molecule has 3 aliphatic heterocycles. The number of halogens is 2. The van der Waals surface area contributed by atoms with Gasteiger partial charge in [-0.3, -0.25) is 5.32 Å². The van der Waals surface area contributed by atoms with Gasteiger partial charge in [0.25, 0.3) is 6.43 Å². The first-order chi connectivity index (χ1) is 13.0. The fraction of sp³-hybridized carbons (Fsp3) is 0.474. The minimum atomic E-state index is -2.68. The van der Waals surface area contributed by atoms with E-state index < -0.39 is 12.5 Å². The maximum Gasteiger partial charge on any atom is 0.412 e. The molecule has 1 aromatic carbocycles. The van der Waals surface area contributed by atoms with Crippen molar-refractivity contribution in [1.29, 1.82) is 0 Å². The topological polar surface area (TPSA) is 54.5 Å². The summed E-state index contributed by atoms with van der Waals surface area (Å²) in [6, 6.07) is 9.07. The van der Waals surface area contributed by atoms with E-state index >= 15 is 0 Å². The maximum atomic E-state index is 13.1. The summed E-state index contributed by atoms with van der Waals surface area (Å²) in [5, 5.41) is 2.26. The largest absolute Gasteiger partial charge is 0.449 e. The highest BCUT2D eigenvalue weighted by molar-refractivity contribution is 7.15. The zero-order chi connectivity index (χ0) is 18.9. The Bertz CT molecular complexity index is 791. The highest BCUT2D eigenvalue weighted by atomic mass is 32.1. The standard InChI is InChI=1S/C19H21F2N3O2S/c20-15(21)17-22-16(14(27-17)13-4-2-1-3-5-13)23-18(25)26-12-19-6-9-24(10-7-19)11-8-19/h1-5,15H,6-12H2,(H,23,25). The van der Waals surface area contributed by atoms with E-state index in [1.807, 2.05) is 18.2 Å². The molecule has 1 aromatic heterocycles. The minimum absolute atomic E-state index is 0.0601. The maximum absolute atomic E-state index is 13.1. The number of carbonyl (C=O) groups excluding carboxylic acids is 1. The summed E-state index contributed by atoms with van der Waals surface area (Å²) in [5.74, 6) is 0.127. The third-order valence-corrected chi connectivity index (χ3v) is 6.58. The number of alkyl halides is 2. The Morgan fingerprint density at radius 1 is 1.22 bits per heavy atom. The number of piperidine rings is 3. The lowest BCUT2D eigenvalue weighted by Gasteiger charge is -2.47. The smallest absolute Gasteiger partial charge is 0.412 e. The monoisotopic (exact) mass is 393 g/mol. The van der Waals surface area contributed by atoms with E-state index in [1.54, 1.807) is 12.1 Å². The normalized spacial score (nSPS) is 24.2. The first-order valence-electron chi connectivity index (χ1n) is 9.05. The third kappa shape index (κ3) is 3.96. The molecular weight excluding hydrogens is 372 g/mol. The molecule has 4 heterocycles. The van der Waals surface area contributed by atoms with E-state index in [2.05, 4.69) is 15.2 Å². The number of thiazole rings is 1. The van der Waals surface area contributed by atoms with Gasteiger partial charge in [-0.2, -0.15) is 0 Å². The van der Waals surface area contributed by atoms with Crippen LogP contribution in [0.3, 0.4) is 0 Å². The van der Waals surface area contributed by atoms with Crippen molar-refractivity contribution in [3.05, 3.63) is 35.3 Å². The molecule has 0 aliphatic carbocycles. The number of nitrogens with zero attached hydrogens (tertiary/aromatic N) is 2. The third-order valence-electron chi connectivity index (χ3n) is 5.47. The van der Waals surface area contributed by atoms with Crippen LogP contribution in [-0.4, -0.2) is 42.2 Å². The molecule has 0 saturated carbocycles. The zero-order valence-corrected chi connectivity index (χ0v) is 15.6. The second-order valence-electron chi connectivity index (χ2n) is 7.19. The quantitative estimate of drug-likeness (QED) is 0.794. The fourth-order valence-electron chi connectivity index (χ4n) is 3.76. The Balaban J connectivity index is 1.46. The average Bonchev–Trinajstić information content (AvgIpc) is 3.13. The molecule has 0 radical (unpaired) electrons. The molecule has 144 valence electrons. The van der Waals surface area contributed by atoms with Crippen molar-refractivity contribution in [1.82, 2.24) is 9.88 Å². The molecule has 3 aliphatic rings. The summed E-state index contributed by atoms with van der Waals surface area (Å²) in [6.45, 7) is 3.51. The molecule has 27 heavy (non-hydrogen) atoms. The van der Waals surface area contributed by atoms with Crippen LogP contribution in [0.2, 0.25) is 0 Å². The Labute approximate surface area is 160 Å². The number of ether oxygens (including phenoxy) is 1. The lowest BCUT2D eigenvalue weighted by molar-refractivity contribution is -0.0190. The molecule has 3 saturated heterocycles. The van der Waals surface area contributed by atoms with Crippen molar-refractivity contribution in [2.24, 2.45) is 5.41 Å². The summed E-state index contributed by atoms with van der Waals surface area (Å²) >= 11 is 0.882. The predicted octanol–water partition coefficient (Wildman–Crippen LogP) is 4.78. The number of amides is 1. The van der Waals surface area contributed by atoms with Crippen LogP contribution >= 0.6 is 11.3 Å². The van der Waals surface area contributed by atoms with Crippen molar-refractivity contribution in [3.63, 3.8) is 0 Å². The van der Waals surface area contributed by atoms with Crippen LogP contribution in [0.4, 0.5) is 19.4 Å². The Morgan fingerprint density at radius 3 is 2.52 bits per heavy atom. The van der Waals surface area contributed by atoms with Crippen LogP contribution in [0, 0.1) is 5.41 Å². The molecule has 2 aromatic rings. The molecule has 5 rings (SSSR count). The fourth-order valence-corrected chi connectivity index (χ4v) is 4.65. The van der Waals surface area contributed by atoms with Crippen LogP contribution in [0.5, 0.6) is 0 Å². The van der Waals surface area contributed by atoms with E-state index in [0.717, 1.165) is 55.8 Å². The highest BCUT2D eigenvalue weighted by Crippen LogP contribution is 2.41. The van der Waals surface area contributed by atoms with E-state index in [1.165, 1.54) is 0 Å². The van der Waals surface area contributed by atoms with Gasteiger partial charge in [-0.15, -0.1) is 11.3 Å². The number of aromatic nitrogens is 1. The molecule has 3 fully saturated rings. The van der Waals surface area contributed by atoms with Crippen LogP contribution in [0.15, 0.2) is 30.3 Å². The molecule has 0 atom stereocenters. The molecule has 1 amide bonds. The molecule has 5 nitrogen and oxygen atoms in total. The van der Waals surface area contributed by atoms with Crippen molar-refractivity contribution in [2.75, 3.05) is 31.6 Å². The number of hydrogen-bond donors (Lipinski definition) is 1. The van der Waals surface area contributed by atoms with Gasteiger partial charge in [0, 0.05) is 5.41 Å². The Kier molecular flexibility index (Phi) is 5.10. The first kappa shape index (κ1) is 18.3. The van der Waals surface area contributed by atoms with Gasteiger partial charge >= 0.3 is 6.09 Å². The zero-order valence-electron chi connectivity index (χ0n) is 14.8. The second kappa shape index (κ2) is 7.52. The number of benzene rings is 1. The predicted molar refractivity (Wildman–Crippen MR) is 100 cm³/mol. The summed E-state index contributed by atoms with van der Waals surface area (Å²) in [5.41, 5.74) is 0.792. The van der Waals surface area contributed by atoms with Crippen LogP contribution in [0.25, 0.3) is 10.4 Å². The van der Waals surface area contributed by atoms with Gasteiger partial charge in [0.05, 0.1) is 11.5 Å². The van der Waals surface area contributed by atoms with Gasteiger partial charge in [-0.25, -0.2) is 18.6 Å². The Morgan fingerprint density at radius 2 is 1.89 bits per heavy atom. The van der Waals surface area contributed by atoms with E-state index in [9.17, 15) is 13.6 Å². The molecule has 0 spiro atoms. The SMILES string of the molecule is O=C(Nc1nc(C(F)F)sc1-c1ccccc1)OCC12CCN(CC1)CC2. The van der Waals surface area contributed by atoms with Gasteiger partial charge in [0.2, 0.25) is 0 Å². The van der Waals surface area contributed by atoms with Crippen molar-refractivity contribution in [3.8, 4) is 10.4 Å². The summed E-state index contributed by atoms with van der Waals surface area (Å²) in [7, 11) is 0. The van der Waals surface area contributed by atoms with Gasteiger partial charge in [-0.05, 0) is 44.5 Å². The van der Waals surface area contributed by atoms with Crippen molar-refractivity contribution in [2.45, 2.75) is 25.7 Å². The van der Waals surface area contributed by atoms with E-state index in [0.29, 0.717) is 11.5 Å². The van der Waals surface area contributed by atoms with Gasteiger partial charge in [-0.1, -0.05) is 30.3 Å². The lowest BCUT2D eigenvalue weighted by atomic mass is 9.73. The summed E-state index contributed by atoms with van der Waals surface area (Å²) < 4.78 is 31.7. The lowest BCUT2D eigenvalue weighted by Crippen LogP contribution is -2.50. The van der Waals surface area contributed by atoms with Crippen LogP contribution < -0.4 is 5.32 Å². The number of fused-ring (bicyclic) bond motifs is 3. The van der Waals surface area contributed by atoms with E-state index in [4.69, 9.17) is 4.74 Å². The number of hydrogen-bond acceptors (Lipinski definition) is 5. The van der Waals surface area contributed by atoms with Crippen molar-refractivity contribution >= 4 is 23.2 Å². The highest BCUT2D eigenvalue weighted by Gasteiger charge is 2.40. The first-order valence-corrected chi connectivity index (χ1v) is 9.87. The molecule has 2 bridgehead atoms. The minimum Gasteiger partial charge on any atom is -0.449 e. The molecular formula is C19H21F2N3O2S. The average molecular weight is 393 g/mol. The molecule has 0 unspecified atom stereocenters. The number of anilines is 1. The van der Waals surface area contributed by atoms with E-state index in [-0.39, 0.29) is 16.2 Å². The summed E-state index contributed by atoms with van der Waals surface area (Å²) in [4.78, 5) is 19.2. The number of carbonyl (C=O) groups is 1. The van der Waals surface area contributed by atoms with Gasteiger partial charge < -0.3 is 9.64 Å². The van der Waals surface area contributed by atoms with Crippen molar-refractivity contribution < 1.29 is 18.3 Å². The molecule has 1 N–H and O–H groups in total. The van der Waals surface area contributed by atoms with Crippen LogP contribution in [0.1, 0.15) is 30.7 Å². The van der Waals surface area contributed by atoms with Crippen LogP contribution in [-0.2, 0) is 4.74 Å². The summed E-state index contributed by atoms with van der Waals surface area (Å²) in [6.07, 6.45) is -0.235. The number of nitrogens with one attached hydrogen (secondary N) is 1. The second-order valence-corrected chi connectivity index (χ2v) is 8.22. The Hall–Kier alpha value is -2.06.